The van der Waals surface area contributed by atoms with Gasteiger partial charge >= 0.3 is 0 Å². The lowest BCUT2D eigenvalue weighted by molar-refractivity contribution is 0.404. The van der Waals surface area contributed by atoms with Crippen LogP contribution in [0.25, 0.3) is 33.2 Å². The zero-order valence-electron chi connectivity index (χ0n) is 18.5. The second-order valence-corrected chi connectivity index (χ2v) is 8.73. The molecular formula is C24H21ClN6O2. The number of aryl methyl sites for hydroxylation is 1. The van der Waals surface area contributed by atoms with E-state index in [9.17, 15) is 4.79 Å². The molecule has 0 radical (unpaired) electrons. The number of ether oxygens (including phenoxy) is 1. The molecule has 2 aromatic carbocycles. The molecule has 0 fully saturated rings. The minimum absolute atomic E-state index is 0.180. The molecule has 0 saturated heterocycles. The molecule has 9 heteroatoms. The first-order chi connectivity index (χ1) is 15.8. The van der Waals surface area contributed by atoms with Gasteiger partial charge in [-0.05, 0) is 50.6 Å². The molecule has 33 heavy (non-hydrogen) atoms. The zero-order valence-corrected chi connectivity index (χ0v) is 19.3. The van der Waals surface area contributed by atoms with Gasteiger partial charge in [-0.1, -0.05) is 23.7 Å². The highest BCUT2D eigenvalue weighted by Crippen LogP contribution is 2.33. The molecule has 0 unspecified atom stereocenters. The Balaban J connectivity index is 1.81. The summed E-state index contributed by atoms with van der Waals surface area (Å²) >= 11 is 6.24. The smallest absolute Gasteiger partial charge is 0.262 e. The number of H-pyrrole nitrogens is 1. The lowest BCUT2D eigenvalue weighted by Gasteiger charge is -2.30. The molecule has 8 nitrogen and oxygen atoms in total. The van der Waals surface area contributed by atoms with Gasteiger partial charge in [-0.2, -0.15) is 5.10 Å². The molecule has 0 aliphatic carbocycles. The van der Waals surface area contributed by atoms with E-state index in [4.69, 9.17) is 21.3 Å². The highest BCUT2D eigenvalue weighted by Gasteiger charge is 2.28. The van der Waals surface area contributed by atoms with Crippen LogP contribution in [0.3, 0.4) is 0 Å². The van der Waals surface area contributed by atoms with Gasteiger partial charge in [0.1, 0.15) is 23.4 Å². The van der Waals surface area contributed by atoms with Gasteiger partial charge in [0.15, 0.2) is 5.65 Å². The van der Waals surface area contributed by atoms with Gasteiger partial charge in [0.05, 0.1) is 35.3 Å². The van der Waals surface area contributed by atoms with Crippen LogP contribution in [-0.4, -0.2) is 36.8 Å². The van der Waals surface area contributed by atoms with Crippen molar-refractivity contribution in [2.24, 2.45) is 0 Å². The summed E-state index contributed by atoms with van der Waals surface area (Å²) in [5, 5.41) is 8.69. The second-order valence-electron chi connectivity index (χ2n) is 8.30. The summed E-state index contributed by atoms with van der Waals surface area (Å²) in [6, 6.07) is 11.1. The topological polar surface area (TPSA) is 98.6 Å². The molecule has 3 heterocycles. The number of methoxy groups -OCH3 is 1. The van der Waals surface area contributed by atoms with E-state index in [0.29, 0.717) is 44.4 Å². The van der Waals surface area contributed by atoms with Crippen LogP contribution < -0.4 is 10.3 Å². The highest BCUT2D eigenvalue weighted by molar-refractivity contribution is 6.30. The van der Waals surface area contributed by atoms with E-state index < -0.39 is 5.54 Å². The summed E-state index contributed by atoms with van der Waals surface area (Å²) < 4.78 is 7.32. The van der Waals surface area contributed by atoms with E-state index in [1.54, 1.807) is 23.9 Å². The van der Waals surface area contributed by atoms with Gasteiger partial charge in [-0.3, -0.25) is 14.5 Å². The van der Waals surface area contributed by atoms with Crippen LogP contribution in [0.5, 0.6) is 5.75 Å². The first kappa shape index (κ1) is 21.1. The predicted octanol–water partition coefficient (Wildman–Crippen LogP) is 4.48. The molecule has 0 aliphatic heterocycles. The van der Waals surface area contributed by atoms with Crippen LogP contribution in [0.2, 0.25) is 5.02 Å². The van der Waals surface area contributed by atoms with Gasteiger partial charge in [0.2, 0.25) is 0 Å². The van der Waals surface area contributed by atoms with Crippen molar-refractivity contribution >= 4 is 33.5 Å². The van der Waals surface area contributed by atoms with Crippen molar-refractivity contribution < 1.29 is 4.74 Å². The molecule has 1 N–H and O–H groups in total. The predicted molar refractivity (Wildman–Crippen MR) is 128 cm³/mol. The Morgan fingerprint density at radius 2 is 1.94 bits per heavy atom. The quantitative estimate of drug-likeness (QED) is 0.424. The first-order valence-electron chi connectivity index (χ1n) is 10.3. The van der Waals surface area contributed by atoms with Crippen LogP contribution in [0.1, 0.15) is 25.2 Å². The van der Waals surface area contributed by atoms with Gasteiger partial charge < -0.3 is 4.74 Å². The van der Waals surface area contributed by atoms with Crippen molar-refractivity contribution in [2.75, 3.05) is 7.11 Å². The Kier molecular flexibility index (Phi) is 4.90. The summed E-state index contributed by atoms with van der Waals surface area (Å²) in [6.45, 7) is 5.77. The fourth-order valence-electron chi connectivity index (χ4n) is 4.31. The number of nitrogens with zero attached hydrogens (tertiary/aromatic N) is 5. The Hall–Kier alpha value is -3.78. The molecule has 0 atom stereocenters. The average Bonchev–Trinajstić information content (AvgIpc) is 3.27. The third-order valence-corrected chi connectivity index (χ3v) is 6.17. The first-order valence-corrected chi connectivity index (χ1v) is 10.7. The van der Waals surface area contributed by atoms with Crippen molar-refractivity contribution in [1.29, 1.82) is 0 Å². The number of hydrogen-bond donors (Lipinski definition) is 1. The maximum absolute atomic E-state index is 13.9. The van der Waals surface area contributed by atoms with Crippen molar-refractivity contribution in [3.8, 4) is 17.0 Å². The fraction of sp³-hybridized carbons (Fsp3) is 0.208. The third kappa shape index (κ3) is 3.34. The number of halogens is 1. The number of aromatic nitrogens is 6. The van der Waals surface area contributed by atoms with Gasteiger partial charge in [-0.25, -0.2) is 15.0 Å². The van der Waals surface area contributed by atoms with Crippen LogP contribution >= 0.6 is 11.6 Å². The largest absolute Gasteiger partial charge is 0.494 e. The number of rotatable bonds is 4. The number of aromatic amines is 1. The summed E-state index contributed by atoms with van der Waals surface area (Å²) in [7, 11) is 1.56. The summed E-state index contributed by atoms with van der Waals surface area (Å²) in [6.07, 6.45) is 3.12. The fourth-order valence-corrected chi connectivity index (χ4v) is 4.50. The summed E-state index contributed by atoms with van der Waals surface area (Å²) in [5.74, 6) is 1.06. The van der Waals surface area contributed by atoms with Gasteiger partial charge in [0, 0.05) is 10.6 Å². The van der Waals surface area contributed by atoms with E-state index in [1.165, 1.54) is 6.33 Å². The average molecular weight is 461 g/mol. The third-order valence-electron chi connectivity index (χ3n) is 5.94. The Morgan fingerprint density at radius 1 is 1.12 bits per heavy atom. The van der Waals surface area contributed by atoms with E-state index in [1.807, 2.05) is 51.1 Å². The van der Waals surface area contributed by atoms with Crippen molar-refractivity contribution in [1.82, 2.24) is 29.7 Å². The molecule has 0 amide bonds. The van der Waals surface area contributed by atoms with E-state index in [2.05, 4.69) is 20.2 Å². The molecule has 5 rings (SSSR count). The molecular weight excluding hydrogens is 440 g/mol. The van der Waals surface area contributed by atoms with Crippen LogP contribution in [-0.2, 0) is 5.54 Å². The van der Waals surface area contributed by atoms with Crippen LogP contribution in [0, 0.1) is 6.92 Å². The lowest BCUT2D eigenvalue weighted by Crippen LogP contribution is -2.39. The normalized spacial score (nSPS) is 11.9. The molecule has 0 bridgehead atoms. The highest BCUT2D eigenvalue weighted by atomic mass is 35.5. The summed E-state index contributed by atoms with van der Waals surface area (Å²) in [4.78, 5) is 27.3. The van der Waals surface area contributed by atoms with Crippen molar-refractivity contribution in [3.63, 3.8) is 0 Å². The Bertz CT molecular complexity index is 1590. The standard InChI is InChI=1S/C24H21ClN6O2/c1-13-29-21-17(23(32)31(13)24(2,3)15-6-5-7-16(25)10-15)8-14(9-19(21)33-4)20-18-11-28-30-22(18)27-12-26-20/h5-12H,1-4H3,(H,26,27,28,30). The minimum atomic E-state index is -0.691. The lowest BCUT2D eigenvalue weighted by atomic mass is 9.93. The zero-order chi connectivity index (χ0) is 23.3. The number of benzene rings is 2. The number of nitrogens with one attached hydrogen (secondary N) is 1. The van der Waals surface area contributed by atoms with Gasteiger partial charge in [0.25, 0.3) is 5.56 Å². The van der Waals surface area contributed by atoms with E-state index in [-0.39, 0.29) is 5.56 Å². The maximum Gasteiger partial charge on any atom is 0.262 e. The number of fused-ring (bicyclic) bond motifs is 2. The monoisotopic (exact) mass is 460 g/mol. The Morgan fingerprint density at radius 3 is 2.70 bits per heavy atom. The minimum Gasteiger partial charge on any atom is -0.494 e. The van der Waals surface area contributed by atoms with E-state index in [0.717, 1.165) is 10.9 Å². The van der Waals surface area contributed by atoms with E-state index >= 15 is 0 Å². The second kappa shape index (κ2) is 7.67. The molecule has 3 aromatic heterocycles. The Labute approximate surface area is 194 Å². The maximum atomic E-state index is 13.9. The summed E-state index contributed by atoms with van der Waals surface area (Å²) in [5.41, 5.74) is 2.50. The molecule has 5 aromatic rings. The van der Waals surface area contributed by atoms with Crippen LogP contribution in [0.15, 0.2) is 53.7 Å². The van der Waals surface area contributed by atoms with Gasteiger partial charge in [-0.15, -0.1) is 0 Å². The molecule has 166 valence electrons. The molecule has 0 saturated carbocycles. The SMILES string of the molecule is COc1cc(-c2ncnc3[nH]ncc23)cc2c(=O)n(C(C)(C)c3cccc(Cl)c3)c(C)nc12. The van der Waals surface area contributed by atoms with Crippen LogP contribution in [0.4, 0.5) is 0 Å². The molecule has 0 spiro atoms. The van der Waals surface area contributed by atoms with Crippen molar-refractivity contribution in [2.45, 2.75) is 26.3 Å². The number of hydrogen-bond acceptors (Lipinski definition) is 6. The molecule has 0 aliphatic rings. The van der Waals surface area contributed by atoms with Crippen molar-refractivity contribution in [3.05, 3.63) is 75.7 Å².